The molecule has 14 atom stereocenters. The van der Waals surface area contributed by atoms with Crippen LogP contribution in [0, 0.1) is 28.6 Å². The number of nitrogens with one attached hydrogen (secondary N) is 1. The van der Waals surface area contributed by atoms with Crippen molar-refractivity contribution in [2.45, 2.75) is 146 Å². The number of hydrogen-bond acceptors (Lipinski definition) is 11. The molecule has 1 aliphatic heterocycles. The molecule has 4 fully saturated rings. The molecule has 11 nitrogen and oxygen atoms in total. The summed E-state index contributed by atoms with van der Waals surface area (Å²) in [6.07, 6.45) is 1.08. The molecule has 4 aliphatic carbocycles. The van der Waals surface area contributed by atoms with Crippen LogP contribution in [0.4, 0.5) is 8.78 Å². The van der Waals surface area contributed by atoms with Crippen molar-refractivity contribution in [3.05, 3.63) is 94.6 Å². The molecule has 1 amide bonds. The van der Waals surface area contributed by atoms with Crippen molar-refractivity contribution in [2.75, 3.05) is 12.9 Å². The standard InChI is InChI=1S/C52H63F2NO10S/c1-28(20-36(57)12-9-13-42(59)31(4)66-7)47(63)55-30(3)43(60)22-32-10-8-11-35(21-32)29(2)33-14-16-34(17-15-33)48-64-46-25-38-39-24-41(53)40-23-37(58)18-19-49(40,5)51(39,54)44(61)26-50(38,6)52(46,65-48)45(62)27-56/h8,10-11,14-19,21,23,28-31,38-39,41,44,46,48,56,61H,9,12-13,20,22,24-27H2,1-7H3,(H,55,63)/t28-,29+,30+,31?,38+,39+,41+,44+,46-,48-,49+,50+,51+,52-/m1/s1. The summed E-state index contributed by atoms with van der Waals surface area (Å²) in [5.74, 6) is -4.10. The number of aliphatic hydroxyl groups excluding tert-OH is 2. The van der Waals surface area contributed by atoms with E-state index in [2.05, 4.69) is 5.32 Å². The van der Waals surface area contributed by atoms with Crippen LogP contribution >= 0.6 is 11.8 Å². The molecule has 1 saturated heterocycles. The molecule has 2 aromatic carbocycles. The Morgan fingerprint density at radius 1 is 0.955 bits per heavy atom. The maximum Gasteiger partial charge on any atom is 0.223 e. The predicted octanol–water partition coefficient (Wildman–Crippen LogP) is 7.18. The van der Waals surface area contributed by atoms with Crippen LogP contribution in [0.1, 0.15) is 121 Å². The van der Waals surface area contributed by atoms with Gasteiger partial charge in [-0.1, -0.05) is 75.4 Å². The van der Waals surface area contributed by atoms with Gasteiger partial charge in [-0.15, -0.1) is 0 Å². The minimum atomic E-state index is -2.35. The quantitative estimate of drug-likeness (QED) is 0.138. The zero-order chi connectivity index (χ0) is 48.1. The number of ketones is 5. The Bertz CT molecular complexity index is 2320. The predicted molar refractivity (Wildman–Crippen MR) is 245 cm³/mol. The van der Waals surface area contributed by atoms with Gasteiger partial charge in [0.2, 0.25) is 5.91 Å². The van der Waals surface area contributed by atoms with Gasteiger partial charge in [-0.05, 0) is 93.0 Å². The fourth-order valence-electron chi connectivity index (χ4n) is 11.9. The highest BCUT2D eigenvalue weighted by molar-refractivity contribution is 7.99. The maximum absolute atomic E-state index is 17.8. The number of halogens is 2. The van der Waals surface area contributed by atoms with Crippen molar-refractivity contribution in [3.63, 3.8) is 0 Å². The second-order valence-electron chi connectivity index (χ2n) is 19.8. The summed E-state index contributed by atoms with van der Waals surface area (Å²) < 4.78 is 47.0. The van der Waals surface area contributed by atoms with E-state index >= 15 is 8.78 Å². The Labute approximate surface area is 389 Å². The van der Waals surface area contributed by atoms with Gasteiger partial charge in [0, 0.05) is 59.8 Å². The van der Waals surface area contributed by atoms with Gasteiger partial charge in [0.1, 0.15) is 24.3 Å². The highest BCUT2D eigenvalue weighted by Crippen LogP contribution is 2.72. The number of ether oxygens (including phenoxy) is 2. The molecule has 1 unspecified atom stereocenters. The van der Waals surface area contributed by atoms with Crippen LogP contribution < -0.4 is 5.32 Å². The summed E-state index contributed by atoms with van der Waals surface area (Å²) >= 11 is 1.47. The lowest BCUT2D eigenvalue weighted by Crippen LogP contribution is -2.70. The minimum Gasteiger partial charge on any atom is -0.390 e. The van der Waals surface area contributed by atoms with E-state index in [4.69, 9.17) is 9.47 Å². The second-order valence-corrected chi connectivity index (χ2v) is 21.0. The number of carbonyl (C=O) groups excluding carboxylic acids is 6. The third kappa shape index (κ3) is 8.51. The molecule has 5 aliphatic rings. The van der Waals surface area contributed by atoms with Crippen molar-refractivity contribution >= 4 is 46.6 Å². The number of Topliss-reactive ketones (excluding diaryl/α,β-unsaturated/α-hetero) is 4. The largest absolute Gasteiger partial charge is 0.390 e. The number of fused-ring (bicyclic) bond motifs is 7. The first-order valence-corrected chi connectivity index (χ1v) is 24.5. The monoisotopic (exact) mass is 931 g/mol. The number of rotatable bonds is 18. The molecule has 0 radical (unpaired) electrons. The molecular formula is C52H63F2NO10S. The van der Waals surface area contributed by atoms with E-state index in [1.165, 1.54) is 30.8 Å². The number of thioether (sulfide) groups is 1. The fourth-order valence-corrected chi connectivity index (χ4v) is 12.3. The molecule has 0 bridgehead atoms. The van der Waals surface area contributed by atoms with Gasteiger partial charge in [0.05, 0.1) is 23.5 Å². The molecule has 2 aromatic rings. The number of benzene rings is 2. The average molecular weight is 932 g/mol. The Kier molecular flexibility index (Phi) is 14.3. The number of carbonyl (C=O) groups is 6. The molecular weight excluding hydrogens is 869 g/mol. The highest BCUT2D eigenvalue weighted by atomic mass is 32.2. The number of alkyl halides is 2. The van der Waals surface area contributed by atoms with E-state index in [0.29, 0.717) is 18.4 Å². The first kappa shape index (κ1) is 49.7. The number of aliphatic hydroxyl groups is 2. The lowest BCUT2D eigenvalue weighted by molar-refractivity contribution is -0.235. The molecule has 0 spiro atoms. The smallest absolute Gasteiger partial charge is 0.223 e. The first-order chi connectivity index (χ1) is 31.1. The van der Waals surface area contributed by atoms with Gasteiger partial charge in [0.15, 0.2) is 34.9 Å². The van der Waals surface area contributed by atoms with E-state index in [1.807, 2.05) is 68.6 Å². The second kappa shape index (κ2) is 19.1. The zero-order valence-electron chi connectivity index (χ0n) is 38.8. The Morgan fingerprint density at radius 3 is 2.35 bits per heavy atom. The van der Waals surface area contributed by atoms with Crippen molar-refractivity contribution in [1.29, 1.82) is 0 Å². The first-order valence-electron chi connectivity index (χ1n) is 23.2. The summed E-state index contributed by atoms with van der Waals surface area (Å²) in [4.78, 5) is 77.0. The SMILES string of the molecule is CSC(C)C(=O)CCCC(=O)C[C@@H](C)C(=O)N[C@@H](C)C(=O)Cc1cccc([C@@H](C)c2ccc([C@@H]3O[C@@H]4C[C@H]5[C@@H]6C[C@H](F)C7=CC(=O)C=C[C@]7(C)[C@@]6(F)[C@@H](O)C[C@]5(C)[C@]4(C(=O)CO)O3)cc2)c1. The third-order valence-electron chi connectivity index (χ3n) is 16.0. The van der Waals surface area contributed by atoms with Crippen LogP contribution in [-0.2, 0) is 44.7 Å². The topological polar surface area (TPSA) is 173 Å². The maximum atomic E-state index is 17.8. The van der Waals surface area contributed by atoms with Crippen molar-refractivity contribution < 1.29 is 57.2 Å². The normalized spacial score (nSPS) is 33.9. The summed E-state index contributed by atoms with van der Waals surface area (Å²) in [7, 11) is 0. The summed E-state index contributed by atoms with van der Waals surface area (Å²) in [6, 6.07) is 14.4. The van der Waals surface area contributed by atoms with E-state index in [1.54, 1.807) is 20.8 Å². The van der Waals surface area contributed by atoms with E-state index in [9.17, 15) is 39.0 Å². The van der Waals surface area contributed by atoms with Gasteiger partial charge in [-0.2, -0.15) is 11.8 Å². The van der Waals surface area contributed by atoms with Crippen LogP contribution in [0.25, 0.3) is 0 Å². The Hall–Kier alpha value is -4.21. The molecule has 66 heavy (non-hydrogen) atoms. The van der Waals surface area contributed by atoms with Gasteiger partial charge in [-0.3, -0.25) is 28.8 Å². The van der Waals surface area contributed by atoms with Crippen LogP contribution in [0.15, 0.2) is 72.3 Å². The molecule has 3 N–H and O–H groups in total. The molecule has 0 aromatic heterocycles. The van der Waals surface area contributed by atoms with Gasteiger partial charge in [0.25, 0.3) is 0 Å². The van der Waals surface area contributed by atoms with Crippen LogP contribution in [0.3, 0.4) is 0 Å². The van der Waals surface area contributed by atoms with Crippen LogP contribution in [0.5, 0.6) is 0 Å². The lowest BCUT2D eigenvalue weighted by atomic mass is 9.44. The van der Waals surface area contributed by atoms with E-state index in [-0.39, 0.29) is 78.5 Å². The fraction of sp³-hybridized carbons (Fsp3) is 0.577. The summed E-state index contributed by atoms with van der Waals surface area (Å²) in [5.41, 5.74) is -3.66. The van der Waals surface area contributed by atoms with Crippen LogP contribution in [-0.4, -0.2) is 98.8 Å². The average Bonchev–Trinajstić information content (AvgIpc) is 3.80. The number of allylic oxidation sites excluding steroid dienone is 4. The lowest BCUT2D eigenvalue weighted by Gasteiger charge is -2.63. The summed E-state index contributed by atoms with van der Waals surface area (Å²) in [6.45, 7) is 9.54. The molecule has 1 heterocycles. The number of hydrogen-bond donors (Lipinski definition) is 3. The summed E-state index contributed by atoms with van der Waals surface area (Å²) in [5, 5.41) is 24.8. The Balaban J connectivity index is 0.983. The van der Waals surface area contributed by atoms with Gasteiger partial charge >= 0.3 is 0 Å². The van der Waals surface area contributed by atoms with Crippen molar-refractivity contribution in [2.24, 2.45) is 28.6 Å². The van der Waals surface area contributed by atoms with Gasteiger partial charge in [-0.25, -0.2) is 8.78 Å². The Morgan fingerprint density at radius 2 is 1.67 bits per heavy atom. The van der Waals surface area contributed by atoms with E-state index < -0.39 is 88.7 Å². The molecule has 7 rings (SSSR count). The molecule has 356 valence electrons. The molecule has 3 saturated carbocycles. The van der Waals surface area contributed by atoms with Crippen LogP contribution in [0.2, 0.25) is 0 Å². The van der Waals surface area contributed by atoms with Gasteiger partial charge < -0.3 is 25.0 Å². The minimum absolute atomic E-state index is 0.00793. The third-order valence-corrected chi connectivity index (χ3v) is 16.9. The zero-order valence-corrected chi connectivity index (χ0v) is 39.6. The molecule has 14 heteroatoms. The van der Waals surface area contributed by atoms with Crippen molar-refractivity contribution in [1.82, 2.24) is 5.32 Å². The highest BCUT2D eigenvalue weighted by Gasteiger charge is 2.80. The van der Waals surface area contributed by atoms with Crippen molar-refractivity contribution in [3.8, 4) is 0 Å². The van der Waals surface area contributed by atoms with E-state index in [0.717, 1.165) is 22.8 Å². The number of amides is 1.